The molecule has 4 heteroatoms. The number of amides is 1. The highest BCUT2D eigenvalue weighted by molar-refractivity contribution is 5.95. The summed E-state index contributed by atoms with van der Waals surface area (Å²) in [5, 5.41) is 6.39. The van der Waals surface area contributed by atoms with Crippen LogP contribution in [0.25, 0.3) is 0 Å². The second kappa shape index (κ2) is 4.73. The van der Waals surface area contributed by atoms with E-state index in [-0.39, 0.29) is 12.5 Å². The third kappa shape index (κ3) is 2.42. The minimum Gasteiger partial charge on any atom is -0.482 e. The van der Waals surface area contributed by atoms with Crippen LogP contribution >= 0.6 is 0 Å². The monoisotopic (exact) mass is 288 g/mol. The van der Waals surface area contributed by atoms with Gasteiger partial charge in [0.2, 0.25) is 0 Å². The smallest absolute Gasteiger partial charge is 0.262 e. The van der Waals surface area contributed by atoms with E-state index in [1.165, 1.54) is 0 Å². The van der Waals surface area contributed by atoms with E-state index in [2.05, 4.69) is 38.3 Å². The summed E-state index contributed by atoms with van der Waals surface area (Å²) >= 11 is 0. The summed E-state index contributed by atoms with van der Waals surface area (Å²) in [5.74, 6) is 1.38. The molecular formula is C17H24N2O2. The molecule has 1 aliphatic carbocycles. The summed E-state index contributed by atoms with van der Waals surface area (Å²) in [6.07, 6.45) is 0. The molecule has 1 aromatic carbocycles. The normalized spacial score (nSPS) is 22.2. The van der Waals surface area contributed by atoms with E-state index in [0.717, 1.165) is 30.1 Å². The van der Waals surface area contributed by atoms with Crippen molar-refractivity contribution in [1.29, 1.82) is 0 Å². The van der Waals surface area contributed by atoms with Gasteiger partial charge in [-0.15, -0.1) is 0 Å². The highest BCUT2D eigenvalue weighted by Crippen LogP contribution is 2.67. The zero-order valence-corrected chi connectivity index (χ0v) is 13.2. The van der Waals surface area contributed by atoms with E-state index in [9.17, 15) is 4.79 Å². The maximum absolute atomic E-state index is 11.3. The molecule has 2 N–H and O–H groups in total. The lowest BCUT2D eigenvalue weighted by atomic mass is 10.0. The molecular weight excluding hydrogens is 264 g/mol. The van der Waals surface area contributed by atoms with Gasteiger partial charge in [-0.2, -0.15) is 0 Å². The van der Waals surface area contributed by atoms with Crippen LogP contribution in [0.15, 0.2) is 18.2 Å². The quantitative estimate of drug-likeness (QED) is 0.895. The number of rotatable bonds is 4. The molecule has 1 aliphatic heterocycles. The van der Waals surface area contributed by atoms with E-state index < -0.39 is 0 Å². The van der Waals surface area contributed by atoms with Crippen molar-refractivity contribution in [3.63, 3.8) is 0 Å². The van der Waals surface area contributed by atoms with Gasteiger partial charge in [0.05, 0.1) is 5.69 Å². The summed E-state index contributed by atoms with van der Waals surface area (Å²) in [4.78, 5) is 11.3. The van der Waals surface area contributed by atoms with Crippen molar-refractivity contribution in [1.82, 2.24) is 5.32 Å². The van der Waals surface area contributed by atoms with Crippen LogP contribution in [0.4, 0.5) is 5.69 Å². The molecule has 0 saturated heterocycles. The SMILES string of the molecule is CC1(C)C(CNCc2ccc3c(c2)NC(=O)CO3)C1(C)C. The van der Waals surface area contributed by atoms with Gasteiger partial charge in [-0.1, -0.05) is 33.8 Å². The van der Waals surface area contributed by atoms with Crippen LogP contribution in [0.3, 0.4) is 0 Å². The van der Waals surface area contributed by atoms with Crippen LogP contribution in [-0.2, 0) is 11.3 Å². The fourth-order valence-electron chi connectivity index (χ4n) is 3.44. The van der Waals surface area contributed by atoms with Crippen LogP contribution in [0.2, 0.25) is 0 Å². The number of hydrogen-bond acceptors (Lipinski definition) is 3. The Morgan fingerprint density at radius 3 is 2.67 bits per heavy atom. The molecule has 0 bridgehead atoms. The van der Waals surface area contributed by atoms with Gasteiger partial charge in [0.15, 0.2) is 6.61 Å². The van der Waals surface area contributed by atoms with Crippen molar-refractivity contribution in [2.24, 2.45) is 16.7 Å². The van der Waals surface area contributed by atoms with Crippen molar-refractivity contribution in [3.05, 3.63) is 23.8 Å². The van der Waals surface area contributed by atoms with Crippen molar-refractivity contribution in [3.8, 4) is 5.75 Å². The highest BCUT2D eigenvalue weighted by Gasteiger charge is 2.63. The third-order valence-corrected chi connectivity index (χ3v) is 5.67. The van der Waals surface area contributed by atoms with Crippen molar-refractivity contribution in [2.45, 2.75) is 34.2 Å². The van der Waals surface area contributed by atoms with Crippen LogP contribution in [0.5, 0.6) is 5.75 Å². The Hall–Kier alpha value is -1.55. The molecule has 1 aromatic rings. The number of hydrogen-bond donors (Lipinski definition) is 2. The van der Waals surface area contributed by atoms with Gasteiger partial charge in [-0.05, 0) is 41.0 Å². The van der Waals surface area contributed by atoms with E-state index in [1.807, 2.05) is 18.2 Å². The van der Waals surface area contributed by atoms with Gasteiger partial charge in [0, 0.05) is 6.54 Å². The number of benzene rings is 1. The molecule has 1 saturated carbocycles. The Bertz CT molecular complexity index is 564. The maximum atomic E-state index is 11.3. The van der Waals surface area contributed by atoms with Crippen LogP contribution in [0, 0.1) is 16.7 Å². The third-order valence-electron chi connectivity index (χ3n) is 5.67. The molecule has 4 nitrogen and oxygen atoms in total. The average Bonchev–Trinajstić information content (AvgIpc) is 2.80. The van der Waals surface area contributed by atoms with Crippen molar-refractivity contribution >= 4 is 11.6 Å². The Morgan fingerprint density at radius 2 is 2.00 bits per heavy atom. The van der Waals surface area contributed by atoms with Crippen LogP contribution < -0.4 is 15.4 Å². The Balaban J connectivity index is 1.57. The number of carbonyl (C=O) groups is 1. The summed E-state index contributed by atoms with van der Waals surface area (Å²) in [5.41, 5.74) is 2.77. The molecule has 1 fully saturated rings. The minimum atomic E-state index is -0.0888. The van der Waals surface area contributed by atoms with Gasteiger partial charge in [0.25, 0.3) is 5.91 Å². The zero-order chi connectivity index (χ0) is 15.3. The average molecular weight is 288 g/mol. The first-order valence-electron chi connectivity index (χ1n) is 7.58. The maximum Gasteiger partial charge on any atom is 0.262 e. The van der Waals surface area contributed by atoms with E-state index >= 15 is 0 Å². The Labute approximate surface area is 126 Å². The second-order valence-corrected chi connectivity index (χ2v) is 7.29. The molecule has 0 atom stereocenters. The lowest BCUT2D eigenvalue weighted by Gasteiger charge is -2.18. The van der Waals surface area contributed by atoms with Gasteiger partial charge < -0.3 is 15.4 Å². The van der Waals surface area contributed by atoms with Crippen molar-refractivity contribution in [2.75, 3.05) is 18.5 Å². The molecule has 1 amide bonds. The predicted molar refractivity (Wildman–Crippen MR) is 83.3 cm³/mol. The number of carbonyl (C=O) groups excluding carboxylic acids is 1. The molecule has 3 rings (SSSR count). The first-order valence-corrected chi connectivity index (χ1v) is 7.58. The Morgan fingerprint density at radius 1 is 1.29 bits per heavy atom. The molecule has 0 spiro atoms. The molecule has 1 heterocycles. The number of nitrogens with one attached hydrogen (secondary N) is 2. The van der Waals surface area contributed by atoms with E-state index in [4.69, 9.17) is 4.74 Å². The zero-order valence-electron chi connectivity index (χ0n) is 13.2. The number of fused-ring (bicyclic) bond motifs is 1. The highest BCUT2D eigenvalue weighted by atomic mass is 16.5. The van der Waals surface area contributed by atoms with Gasteiger partial charge >= 0.3 is 0 Å². The molecule has 0 radical (unpaired) electrons. The number of anilines is 1. The molecule has 0 aromatic heterocycles. The van der Waals surface area contributed by atoms with Crippen molar-refractivity contribution < 1.29 is 9.53 Å². The number of ether oxygens (including phenoxy) is 1. The molecule has 21 heavy (non-hydrogen) atoms. The lowest BCUT2D eigenvalue weighted by Crippen LogP contribution is -2.25. The summed E-state index contributed by atoms with van der Waals surface area (Å²) in [7, 11) is 0. The lowest BCUT2D eigenvalue weighted by molar-refractivity contribution is -0.118. The van der Waals surface area contributed by atoms with Gasteiger partial charge in [0.1, 0.15) is 5.75 Å². The van der Waals surface area contributed by atoms with Gasteiger partial charge in [-0.25, -0.2) is 0 Å². The molecule has 2 aliphatic rings. The molecule has 0 unspecified atom stereocenters. The summed E-state index contributed by atoms with van der Waals surface area (Å²) in [6.45, 7) is 11.3. The molecule has 114 valence electrons. The predicted octanol–water partition coefficient (Wildman–Crippen LogP) is 2.79. The fraction of sp³-hybridized carbons (Fsp3) is 0.588. The van der Waals surface area contributed by atoms with Gasteiger partial charge in [-0.3, -0.25) is 4.79 Å². The van der Waals surface area contributed by atoms with E-state index in [0.29, 0.717) is 16.7 Å². The van der Waals surface area contributed by atoms with E-state index in [1.54, 1.807) is 0 Å². The first-order chi connectivity index (χ1) is 9.82. The second-order valence-electron chi connectivity index (χ2n) is 7.29. The Kier molecular flexibility index (Phi) is 3.24. The fourth-order valence-corrected chi connectivity index (χ4v) is 3.44. The summed E-state index contributed by atoms with van der Waals surface area (Å²) < 4.78 is 5.37. The first kappa shape index (κ1) is 14.4. The topological polar surface area (TPSA) is 50.4 Å². The minimum absolute atomic E-state index is 0.0888. The summed E-state index contributed by atoms with van der Waals surface area (Å²) in [6, 6.07) is 5.96. The van der Waals surface area contributed by atoms with Crippen LogP contribution in [-0.4, -0.2) is 19.1 Å². The standard InChI is InChI=1S/C17H24N2O2/c1-16(2)14(17(16,3)4)9-18-8-11-5-6-13-12(7-11)19-15(20)10-21-13/h5-7,14,18H,8-10H2,1-4H3,(H,19,20). The van der Waals surface area contributed by atoms with Crippen LogP contribution in [0.1, 0.15) is 33.3 Å². The largest absolute Gasteiger partial charge is 0.482 e.